The molecule has 1 aromatic rings. The van der Waals surface area contributed by atoms with Crippen LogP contribution in [0.1, 0.15) is 49.4 Å². The van der Waals surface area contributed by atoms with E-state index in [2.05, 4.69) is 19.1 Å². The molecule has 3 rings (SSSR count). The first-order chi connectivity index (χ1) is 10.2. The molecule has 1 atom stereocenters. The molecule has 108 valence electrons. The van der Waals surface area contributed by atoms with Crippen molar-refractivity contribution in [3.05, 3.63) is 70.8 Å². The van der Waals surface area contributed by atoms with E-state index in [9.17, 15) is 4.79 Å². The van der Waals surface area contributed by atoms with Crippen molar-refractivity contribution >= 4 is 5.78 Å². The topological polar surface area (TPSA) is 17.1 Å². The molecule has 0 aliphatic heterocycles. The maximum Gasteiger partial charge on any atom is 0.189 e. The van der Waals surface area contributed by atoms with Crippen molar-refractivity contribution in [3.8, 4) is 0 Å². The standard InChI is InChI=1S/C20H22O/c1-15-6-5-9-19(14-15)16-10-12-18(13-11-16)20(21)17-7-3-2-4-8-17/h2-4,7-10,12,15H,5-6,11,13-14H2,1H3. The summed E-state index contributed by atoms with van der Waals surface area (Å²) < 4.78 is 0. The summed E-state index contributed by atoms with van der Waals surface area (Å²) >= 11 is 0. The van der Waals surface area contributed by atoms with Gasteiger partial charge in [-0.3, -0.25) is 4.79 Å². The van der Waals surface area contributed by atoms with Crippen LogP contribution in [-0.2, 0) is 0 Å². The number of rotatable bonds is 3. The van der Waals surface area contributed by atoms with E-state index in [1.807, 2.05) is 36.4 Å². The monoisotopic (exact) mass is 278 g/mol. The fraction of sp³-hybridized carbons (Fsp3) is 0.350. The first kappa shape index (κ1) is 14.1. The fourth-order valence-electron chi connectivity index (χ4n) is 3.23. The van der Waals surface area contributed by atoms with E-state index in [4.69, 9.17) is 0 Å². The van der Waals surface area contributed by atoms with Gasteiger partial charge in [-0.15, -0.1) is 0 Å². The molecule has 1 heteroatoms. The second-order valence-electron chi connectivity index (χ2n) is 6.19. The first-order valence-corrected chi connectivity index (χ1v) is 7.93. The minimum Gasteiger partial charge on any atom is -0.289 e. The molecule has 2 aliphatic rings. The molecule has 0 heterocycles. The largest absolute Gasteiger partial charge is 0.289 e. The highest BCUT2D eigenvalue weighted by atomic mass is 16.1. The number of carbonyl (C=O) groups excluding carboxylic acids is 1. The summed E-state index contributed by atoms with van der Waals surface area (Å²) in [5.41, 5.74) is 4.68. The Morgan fingerprint density at radius 1 is 1.05 bits per heavy atom. The molecule has 0 amide bonds. The Kier molecular flexibility index (Phi) is 4.19. The van der Waals surface area contributed by atoms with Gasteiger partial charge < -0.3 is 0 Å². The molecule has 0 aromatic heterocycles. The molecule has 0 saturated heterocycles. The maximum absolute atomic E-state index is 12.4. The third-order valence-electron chi connectivity index (χ3n) is 4.51. The minimum atomic E-state index is 0.178. The average Bonchev–Trinajstić information content (AvgIpc) is 2.55. The van der Waals surface area contributed by atoms with Gasteiger partial charge in [-0.25, -0.2) is 0 Å². The van der Waals surface area contributed by atoms with E-state index in [1.165, 1.54) is 30.4 Å². The van der Waals surface area contributed by atoms with Crippen molar-refractivity contribution in [2.24, 2.45) is 5.92 Å². The van der Waals surface area contributed by atoms with Gasteiger partial charge in [0.2, 0.25) is 0 Å². The van der Waals surface area contributed by atoms with Crippen LogP contribution in [-0.4, -0.2) is 5.78 Å². The van der Waals surface area contributed by atoms with Crippen molar-refractivity contribution in [3.63, 3.8) is 0 Å². The highest BCUT2D eigenvalue weighted by Gasteiger charge is 2.19. The van der Waals surface area contributed by atoms with E-state index < -0.39 is 0 Å². The number of benzene rings is 1. The number of carbonyl (C=O) groups is 1. The quantitative estimate of drug-likeness (QED) is 0.689. The zero-order chi connectivity index (χ0) is 14.7. The fourth-order valence-corrected chi connectivity index (χ4v) is 3.23. The second-order valence-corrected chi connectivity index (χ2v) is 6.19. The molecule has 2 aliphatic carbocycles. The second kappa shape index (κ2) is 6.26. The molecular formula is C20H22O. The van der Waals surface area contributed by atoms with Crippen LogP contribution in [0.3, 0.4) is 0 Å². The summed E-state index contributed by atoms with van der Waals surface area (Å²) in [6.45, 7) is 2.33. The molecule has 21 heavy (non-hydrogen) atoms. The Morgan fingerprint density at radius 2 is 1.86 bits per heavy atom. The molecule has 0 spiro atoms. The Bertz CT molecular complexity index is 616. The van der Waals surface area contributed by atoms with E-state index >= 15 is 0 Å². The summed E-state index contributed by atoms with van der Waals surface area (Å²) in [7, 11) is 0. The van der Waals surface area contributed by atoms with E-state index in [0.717, 1.165) is 29.9 Å². The minimum absolute atomic E-state index is 0.178. The van der Waals surface area contributed by atoms with Gasteiger partial charge in [-0.05, 0) is 49.2 Å². The number of hydrogen-bond acceptors (Lipinski definition) is 1. The van der Waals surface area contributed by atoms with Crippen LogP contribution >= 0.6 is 0 Å². The van der Waals surface area contributed by atoms with Crippen LogP contribution in [0.25, 0.3) is 0 Å². The third-order valence-corrected chi connectivity index (χ3v) is 4.51. The Morgan fingerprint density at radius 3 is 2.52 bits per heavy atom. The predicted molar refractivity (Wildman–Crippen MR) is 87.3 cm³/mol. The van der Waals surface area contributed by atoms with Crippen LogP contribution < -0.4 is 0 Å². The summed E-state index contributed by atoms with van der Waals surface area (Å²) in [5, 5.41) is 0. The molecule has 0 saturated carbocycles. The molecule has 1 nitrogen and oxygen atoms in total. The normalized spacial score (nSPS) is 22.1. The van der Waals surface area contributed by atoms with E-state index in [-0.39, 0.29) is 5.78 Å². The van der Waals surface area contributed by atoms with Gasteiger partial charge in [0.1, 0.15) is 0 Å². The molecule has 1 aromatic carbocycles. The number of allylic oxidation sites excluding steroid dienone is 6. The predicted octanol–water partition coefficient (Wildman–Crippen LogP) is 5.26. The molecule has 1 unspecified atom stereocenters. The van der Waals surface area contributed by atoms with Crippen LogP contribution in [0.15, 0.2) is 65.3 Å². The zero-order valence-corrected chi connectivity index (χ0v) is 12.6. The van der Waals surface area contributed by atoms with Gasteiger partial charge in [0, 0.05) is 11.1 Å². The van der Waals surface area contributed by atoms with Crippen LogP contribution in [0.4, 0.5) is 0 Å². The van der Waals surface area contributed by atoms with Crippen molar-refractivity contribution in [2.75, 3.05) is 0 Å². The van der Waals surface area contributed by atoms with E-state index in [1.54, 1.807) is 0 Å². The van der Waals surface area contributed by atoms with Crippen molar-refractivity contribution in [1.82, 2.24) is 0 Å². The Labute approximate surface area is 127 Å². The lowest BCUT2D eigenvalue weighted by Gasteiger charge is -2.23. The molecule has 0 radical (unpaired) electrons. The molecule has 0 bridgehead atoms. The Balaban J connectivity index is 1.76. The van der Waals surface area contributed by atoms with Gasteiger partial charge in [-0.1, -0.05) is 55.5 Å². The first-order valence-electron chi connectivity index (χ1n) is 7.93. The van der Waals surface area contributed by atoms with Crippen molar-refractivity contribution < 1.29 is 4.79 Å². The van der Waals surface area contributed by atoms with Crippen molar-refractivity contribution in [1.29, 1.82) is 0 Å². The lowest BCUT2D eigenvalue weighted by atomic mass is 9.82. The lowest BCUT2D eigenvalue weighted by molar-refractivity contribution is 0.103. The van der Waals surface area contributed by atoms with Crippen LogP contribution in [0.2, 0.25) is 0 Å². The Hall–Kier alpha value is -1.89. The lowest BCUT2D eigenvalue weighted by Crippen LogP contribution is -2.09. The average molecular weight is 278 g/mol. The number of ketones is 1. The highest BCUT2D eigenvalue weighted by molar-refractivity contribution is 6.09. The summed E-state index contributed by atoms with van der Waals surface area (Å²) in [4.78, 5) is 12.4. The zero-order valence-electron chi connectivity index (χ0n) is 12.6. The smallest absolute Gasteiger partial charge is 0.189 e. The molecular weight excluding hydrogens is 256 g/mol. The SMILES string of the molecule is CC1CCC=C(C2=CC=C(C(=O)c3ccccc3)CC2)C1. The van der Waals surface area contributed by atoms with Gasteiger partial charge in [0.05, 0.1) is 0 Å². The van der Waals surface area contributed by atoms with E-state index in [0.29, 0.717) is 0 Å². The summed E-state index contributed by atoms with van der Waals surface area (Å²) in [5.74, 6) is 0.971. The van der Waals surface area contributed by atoms with Crippen molar-refractivity contribution in [2.45, 2.75) is 39.0 Å². The molecule has 0 N–H and O–H groups in total. The maximum atomic E-state index is 12.4. The number of hydrogen-bond donors (Lipinski definition) is 0. The molecule has 0 fully saturated rings. The van der Waals surface area contributed by atoms with Gasteiger partial charge >= 0.3 is 0 Å². The van der Waals surface area contributed by atoms with Gasteiger partial charge in [0.25, 0.3) is 0 Å². The summed E-state index contributed by atoms with van der Waals surface area (Å²) in [6.07, 6.45) is 12.2. The van der Waals surface area contributed by atoms with Gasteiger partial charge in [0.15, 0.2) is 5.78 Å². The number of Topliss-reactive ketones (excluding diaryl/α,β-unsaturated/α-hetero) is 1. The van der Waals surface area contributed by atoms with Gasteiger partial charge in [-0.2, -0.15) is 0 Å². The third kappa shape index (κ3) is 3.24. The highest BCUT2D eigenvalue weighted by Crippen LogP contribution is 2.33. The summed E-state index contributed by atoms with van der Waals surface area (Å²) in [6, 6.07) is 9.58. The van der Waals surface area contributed by atoms with Crippen LogP contribution in [0.5, 0.6) is 0 Å². The van der Waals surface area contributed by atoms with Crippen LogP contribution in [0, 0.1) is 5.92 Å².